The zero-order valence-corrected chi connectivity index (χ0v) is 24.3. The van der Waals surface area contributed by atoms with Crippen molar-refractivity contribution in [2.45, 2.75) is 69.2 Å². The molecule has 0 aliphatic carbocycles. The van der Waals surface area contributed by atoms with E-state index in [9.17, 15) is 9.59 Å². The molecule has 0 heterocycles. The zero-order chi connectivity index (χ0) is 18.3. The third-order valence-corrected chi connectivity index (χ3v) is 50.0. The molecule has 0 N–H and O–H groups in total. The van der Waals surface area contributed by atoms with Crippen LogP contribution >= 0.6 is 0 Å². The third kappa shape index (κ3) is 12.3. The van der Waals surface area contributed by atoms with E-state index in [-0.39, 0.29) is 11.9 Å². The topological polar surface area (TPSA) is 71.1 Å². The Morgan fingerprint density at radius 1 is 0.652 bits per heavy atom. The van der Waals surface area contributed by atoms with Gasteiger partial charge in [-0.25, -0.2) is 0 Å². The van der Waals surface area contributed by atoms with Gasteiger partial charge in [0, 0.05) is 0 Å². The summed E-state index contributed by atoms with van der Waals surface area (Å²) in [7, 11) is 0. The van der Waals surface area contributed by atoms with Gasteiger partial charge in [-0.2, -0.15) is 0 Å². The van der Waals surface area contributed by atoms with Crippen LogP contribution < -0.4 is 0 Å². The minimum absolute atomic E-state index is 0.187. The molecule has 0 amide bonds. The van der Waals surface area contributed by atoms with Gasteiger partial charge in [-0.3, -0.25) is 0 Å². The molecule has 0 radical (unpaired) electrons. The van der Waals surface area contributed by atoms with Crippen molar-refractivity contribution in [2.24, 2.45) is 0 Å². The van der Waals surface area contributed by atoms with Crippen molar-refractivity contribution in [1.29, 1.82) is 0 Å². The number of carbonyl (C=O) groups is 2. The molecule has 9 heteroatoms. The standard InChI is InChI=1S/2C4H8O2.6CH3.2O.3Sn/c2*1-2-3-4(5)6;;;;;;;;;;;/h2*2-3H2,1H3,(H,5,6);6*1H3;;;;;/q;;;;;;;;;;;2*+1/p-2. The molecule has 0 spiro atoms. The first-order valence-electron chi connectivity index (χ1n) is 8.16. The molecule has 0 aromatic heterocycles. The van der Waals surface area contributed by atoms with Crippen LogP contribution in [0, 0.1) is 0 Å². The average molecular weight is 653 g/mol. The second-order valence-corrected chi connectivity index (χ2v) is 41.0. The molecule has 0 aliphatic rings. The summed E-state index contributed by atoms with van der Waals surface area (Å²) in [5, 5.41) is 0. The fourth-order valence-corrected chi connectivity index (χ4v) is 66.2. The fraction of sp³-hybridized carbons (Fsp3) is 0.857. The van der Waals surface area contributed by atoms with Gasteiger partial charge in [0.25, 0.3) is 0 Å². The van der Waals surface area contributed by atoms with Crippen molar-refractivity contribution in [3.05, 3.63) is 0 Å². The first-order valence-corrected chi connectivity index (χ1v) is 32.3. The molecule has 0 saturated heterocycles. The first kappa shape index (κ1) is 24.3. The molecular formula is C14H32O6Sn3. The molecule has 0 unspecified atom stereocenters. The Morgan fingerprint density at radius 3 is 1.22 bits per heavy atom. The van der Waals surface area contributed by atoms with E-state index in [1.165, 1.54) is 0 Å². The van der Waals surface area contributed by atoms with Crippen molar-refractivity contribution in [3.8, 4) is 0 Å². The predicted octanol–water partition coefficient (Wildman–Crippen LogP) is 3.81. The number of hydrogen-bond donors (Lipinski definition) is 0. The summed E-state index contributed by atoms with van der Waals surface area (Å²) in [6.45, 7) is 3.89. The van der Waals surface area contributed by atoms with Crippen LogP contribution in [0.1, 0.15) is 39.5 Å². The molecule has 0 saturated carbocycles. The number of carbonyl (C=O) groups excluding carboxylic acids is 2. The zero-order valence-electron chi connectivity index (χ0n) is 15.8. The molecule has 0 aromatic rings. The van der Waals surface area contributed by atoms with Crippen LogP contribution in [-0.2, 0) is 18.6 Å². The van der Waals surface area contributed by atoms with Gasteiger partial charge in [0.05, 0.1) is 0 Å². The SMILES string of the molecule is CCCC(=O)[O][Sn]([CH3])([CH3])[O][Sn]([CH3])([CH3])[O][Sn]([CH3])([CH3])[O]C(=O)CCC. The summed E-state index contributed by atoms with van der Waals surface area (Å²) in [6, 6.07) is 0. The van der Waals surface area contributed by atoms with Gasteiger partial charge in [-0.05, 0) is 0 Å². The van der Waals surface area contributed by atoms with Crippen molar-refractivity contribution < 1.29 is 18.6 Å². The predicted molar refractivity (Wildman–Crippen MR) is 96.6 cm³/mol. The van der Waals surface area contributed by atoms with Crippen LogP contribution in [0.25, 0.3) is 0 Å². The van der Waals surface area contributed by atoms with Gasteiger partial charge in [0.2, 0.25) is 0 Å². The van der Waals surface area contributed by atoms with E-state index in [0.717, 1.165) is 12.8 Å². The first-order chi connectivity index (χ1) is 10.3. The molecule has 136 valence electrons. The van der Waals surface area contributed by atoms with E-state index >= 15 is 0 Å². The summed E-state index contributed by atoms with van der Waals surface area (Å²) >= 11 is -10.1. The van der Waals surface area contributed by atoms with E-state index in [2.05, 4.69) is 0 Å². The Balaban J connectivity index is 4.72. The Kier molecular flexibility index (Phi) is 11.0. The Bertz CT molecular complexity index is 373. The average Bonchev–Trinajstić information content (AvgIpc) is 2.22. The number of rotatable bonds is 10. The van der Waals surface area contributed by atoms with Crippen LogP contribution in [0.4, 0.5) is 0 Å². The second kappa shape index (κ2) is 10.4. The quantitative estimate of drug-likeness (QED) is 0.335. The van der Waals surface area contributed by atoms with E-state index < -0.39 is 57.6 Å². The Hall–Kier alpha value is 1.26. The van der Waals surface area contributed by atoms with E-state index in [4.69, 9.17) is 8.97 Å². The fourth-order valence-electron chi connectivity index (χ4n) is 2.30. The van der Waals surface area contributed by atoms with E-state index in [0.29, 0.717) is 12.8 Å². The summed E-state index contributed by atoms with van der Waals surface area (Å²) < 4.78 is 23.6. The summed E-state index contributed by atoms with van der Waals surface area (Å²) in [5.74, 6) is -0.375. The molecule has 0 rings (SSSR count). The van der Waals surface area contributed by atoms with Crippen LogP contribution in [-0.4, -0.2) is 69.6 Å². The van der Waals surface area contributed by atoms with E-state index in [1.54, 1.807) is 0 Å². The molecule has 0 atom stereocenters. The summed E-state index contributed by atoms with van der Waals surface area (Å²) in [5.41, 5.74) is 0. The van der Waals surface area contributed by atoms with Crippen molar-refractivity contribution >= 4 is 69.6 Å². The van der Waals surface area contributed by atoms with Gasteiger partial charge in [-0.1, -0.05) is 0 Å². The maximum atomic E-state index is 11.7. The molecule has 0 fully saturated rings. The minimum atomic E-state index is -3.38. The summed E-state index contributed by atoms with van der Waals surface area (Å²) in [6.07, 6.45) is 2.36. The van der Waals surface area contributed by atoms with Gasteiger partial charge >= 0.3 is 157 Å². The molecule has 0 bridgehead atoms. The van der Waals surface area contributed by atoms with Crippen LogP contribution in [0.3, 0.4) is 0 Å². The molecular weight excluding hydrogens is 620 g/mol. The van der Waals surface area contributed by atoms with Gasteiger partial charge < -0.3 is 0 Å². The van der Waals surface area contributed by atoms with Gasteiger partial charge in [-0.15, -0.1) is 0 Å². The number of hydrogen-bond acceptors (Lipinski definition) is 6. The van der Waals surface area contributed by atoms with Crippen LogP contribution in [0.2, 0.25) is 29.6 Å². The van der Waals surface area contributed by atoms with Crippen LogP contribution in [0.5, 0.6) is 0 Å². The van der Waals surface area contributed by atoms with E-state index in [1.807, 2.05) is 43.5 Å². The van der Waals surface area contributed by atoms with Crippen molar-refractivity contribution in [3.63, 3.8) is 0 Å². The normalized spacial score (nSPS) is 12.9. The van der Waals surface area contributed by atoms with Gasteiger partial charge in [0.15, 0.2) is 0 Å². The molecule has 0 aliphatic heterocycles. The Labute approximate surface area is 155 Å². The second-order valence-electron chi connectivity index (χ2n) is 6.85. The summed E-state index contributed by atoms with van der Waals surface area (Å²) in [4.78, 5) is 35.1. The molecule has 6 nitrogen and oxygen atoms in total. The Morgan fingerprint density at radius 2 is 0.957 bits per heavy atom. The van der Waals surface area contributed by atoms with Crippen molar-refractivity contribution in [1.82, 2.24) is 0 Å². The van der Waals surface area contributed by atoms with Crippen LogP contribution in [0.15, 0.2) is 0 Å². The van der Waals surface area contributed by atoms with Crippen molar-refractivity contribution in [2.75, 3.05) is 0 Å². The molecule has 0 aromatic carbocycles. The molecule has 23 heavy (non-hydrogen) atoms. The monoisotopic (exact) mass is 656 g/mol. The third-order valence-electron chi connectivity index (χ3n) is 2.61. The maximum absolute atomic E-state index is 11.7. The van der Waals surface area contributed by atoms with Gasteiger partial charge in [0.1, 0.15) is 0 Å².